The maximum atomic E-state index is 11.7. The number of thioether (sulfide) groups is 1. The van der Waals surface area contributed by atoms with Crippen molar-refractivity contribution in [3.63, 3.8) is 0 Å². The first-order chi connectivity index (χ1) is 14.5. The zero-order valence-corrected chi connectivity index (χ0v) is 17.6. The summed E-state index contributed by atoms with van der Waals surface area (Å²) in [5.41, 5.74) is 2.47. The number of nitrogens with zero attached hydrogens (tertiary/aromatic N) is 3. The van der Waals surface area contributed by atoms with E-state index in [9.17, 15) is 9.59 Å². The molecule has 0 amide bonds. The summed E-state index contributed by atoms with van der Waals surface area (Å²) in [5, 5.41) is 10.1. The van der Waals surface area contributed by atoms with Crippen LogP contribution in [0.5, 0.6) is 0 Å². The molecule has 152 valence electrons. The highest BCUT2D eigenvalue weighted by atomic mass is 35.5. The Morgan fingerprint density at radius 2 is 1.87 bits per heavy atom. The first-order valence-electron chi connectivity index (χ1n) is 9.19. The van der Waals surface area contributed by atoms with Gasteiger partial charge in [-0.05, 0) is 36.2 Å². The van der Waals surface area contributed by atoms with E-state index < -0.39 is 11.2 Å². The number of nitrogens with one attached hydrogen (secondary N) is 2. The second-order valence-corrected chi connectivity index (χ2v) is 8.09. The van der Waals surface area contributed by atoms with Crippen molar-refractivity contribution in [2.75, 3.05) is 0 Å². The van der Waals surface area contributed by atoms with Crippen LogP contribution in [0, 0.1) is 6.92 Å². The molecule has 2 aromatic heterocycles. The molecular formula is C21H18ClN5O2S. The summed E-state index contributed by atoms with van der Waals surface area (Å²) in [4.78, 5) is 28.1. The third kappa shape index (κ3) is 4.55. The van der Waals surface area contributed by atoms with Crippen LogP contribution in [0.15, 0.2) is 69.3 Å². The van der Waals surface area contributed by atoms with E-state index in [0.717, 1.165) is 16.8 Å². The monoisotopic (exact) mass is 439 g/mol. The van der Waals surface area contributed by atoms with E-state index in [1.165, 1.54) is 17.8 Å². The van der Waals surface area contributed by atoms with Crippen LogP contribution in [0.4, 0.5) is 0 Å². The average molecular weight is 440 g/mol. The summed E-state index contributed by atoms with van der Waals surface area (Å²) in [5.74, 6) is 1.24. The fourth-order valence-corrected chi connectivity index (χ4v) is 4.33. The van der Waals surface area contributed by atoms with Crippen LogP contribution in [-0.2, 0) is 12.2 Å². The lowest BCUT2D eigenvalue weighted by Crippen LogP contribution is -2.23. The number of aryl methyl sites for hydroxylation is 1. The van der Waals surface area contributed by atoms with Gasteiger partial charge in [-0.15, -0.1) is 10.2 Å². The standard InChI is InChI=1S/C21H18ClN5O2S/c1-13-5-4-7-16(9-13)27-18(10-15-11-19(28)24-20(29)23-15)25-26-21(27)30-12-14-6-2-3-8-17(14)22/h2-9,11H,10,12H2,1H3,(H2,23,24,28,29). The molecule has 0 radical (unpaired) electrons. The van der Waals surface area contributed by atoms with Gasteiger partial charge in [0.15, 0.2) is 5.16 Å². The minimum atomic E-state index is -0.549. The molecule has 4 rings (SSSR count). The summed E-state index contributed by atoms with van der Waals surface area (Å²) in [6.45, 7) is 2.01. The largest absolute Gasteiger partial charge is 0.325 e. The Kier molecular flexibility index (Phi) is 5.87. The van der Waals surface area contributed by atoms with Crippen molar-refractivity contribution in [1.29, 1.82) is 0 Å². The predicted molar refractivity (Wildman–Crippen MR) is 118 cm³/mol. The molecule has 0 aliphatic carbocycles. The second-order valence-electron chi connectivity index (χ2n) is 6.74. The van der Waals surface area contributed by atoms with Gasteiger partial charge in [-0.2, -0.15) is 0 Å². The highest BCUT2D eigenvalue weighted by Gasteiger charge is 2.16. The number of aromatic amines is 2. The topological polar surface area (TPSA) is 96.4 Å². The molecule has 0 spiro atoms. The lowest BCUT2D eigenvalue weighted by atomic mass is 10.2. The molecule has 9 heteroatoms. The fourth-order valence-electron chi connectivity index (χ4n) is 3.08. The average Bonchev–Trinajstić information content (AvgIpc) is 3.09. The lowest BCUT2D eigenvalue weighted by molar-refractivity contribution is 0.828. The van der Waals surface area contributed by atoms with E-state index in [0.29, 0.717) is 27.5 Å². The molecule has 30 heavy (non-hydrogen) atoms. The maximum Gasteiger partial charge on any atom is 0.325 e. The number of H-pyrrole nitrogens is 2. The number of rotatable bonds is 6. The van der Waals surface area contributed by atoms with E-state index in [1.807, 2.05) is 60.0 Å². The summed E-state index contributed by atoms with van der Waals surface area (Å²) in [6.07, 6.45) is 0.257. The van der Waals surface area contributed by atoms with Crippen LogP contribution in [0.1, 0.15) is 22.6 Å². The van der Waals surface area contributed by atoms with E-state index in [-0.39, 0.29) is 6.42 Å². The SMILES string of the molecule is Cc1cccc(-n2c(Cc3cc(=O)[nH]c(=O)[nH]3)nnc2SCc2ccccc2Cl)c1. The Morgan fingerprint density at radius 1 is 1.03 bits per heavy atom. The van der Waals surface area contributed by atoms with Gasteiger partial charge < -0.3 is 4.98 Å². The van der Waals surface area contributed by atoms with Gasteiger partial charge >= 0.3 is 5.69 Å². The van der Waals surface area contributed by atoms with Gasteiger partial charge in [0.05, 0.1) is 0 Å². The quantitative estimate of drug-likeness (QED) is 0.448. The van der Waals surface area contributed by atoms with E-state index in [1.54, 1.807) is 0 Å². The van der Waals surface area contributed by atoms with Crippen molar-refractivity contribution >= 4 is 23.4 Å². The Bertz CT molecular complexity index is 1280. The van der Waals surface area contributed by atoms with Gasteiger partial charge in [0.25, 0.3) is 5.56 Å². The maximum absolute atomic E-state index is 11.7. The van der Waals surface area contributed by atoms with Crippen molar-refractivity contribution in [2.24, 2.45) is 0 Å². The summed E-state index contributed by atoms with van der Waals surface area (Å²) in [7, 11) is 0. The van der Waals surface area contributed by atoms with Crippen molar-refractivity contribution in [3.8, 4) is 5.69 Å². The minimum Gasteiger partial charge on any atom is -0.311 e. The van der Waals surface area contributed by atoms with Gasteiger partial charge in [-0.1, -0.05) is 53.7 Å². The molecule has 0 aliphatic heterocycles. The third-order valence-electron chi connectivity index (χ3n) is 4.44. The molecule has 0 saturated carbocycles. The highest BCUT2D eigenvalue weighted by molar-refractivity contribution is 7.98. The fraction of sp³-hybridized carbons (Fsp3) is 0.143. The zero-order chi connectivity index (χ0) is 21.1. The second kappa shape index (κ2) is 8.73. The number of aromatic nitrogens is 5. The number of hydrogen-bond donors (Lipinski definition) is 2. The molecule has 4 aromatic rings. The summed E-state index contributed by atoms with van der Waals surface area (Å²) >= 11 is 7.81. The molecule has 2 heterocycles. The van der Waals surface area contributed by atoms with Crippen LogP contribution >= 0.6 is 23.4 Å². The Hall–Kier alpha value is -3.10. The van der Waals surface area contributed by atoms with Gasteiger partial charge in [-0.3, -0.25) is 14.3 Å². The van der Waals surface area contributed by atoms with Crippen LogP contribution in [-0.4, -0.2) is 24.7 Å². The van der Waals surface area contributed by atoms with Crippen molar-refractivity contribution in [3.05, 3.63) is 103 Å². The van der Waals surface area contributed by atoms with Gasteiger partial charge in [0.1, 0.15) is 5.82 Å². The molecule has 7 nitrogen and oxygen atoms in total. The Labute approximate surface area is 181 Å². The predicted octanol–water partition coefficient (Wildman–Crippen LogP) is 3.49. The molecule has 0 saturated heterocycles. The van der Waals surface area contributed by atoms with Crippen LogP contribution in [0.3, 0.4) is 0 Å². The molecule has 0 fully saturated rings. The number of halogens is 1. The molecule has 0 bridgehead atoms. The Balaban J connectivity index is 1.72. The van der Waals surface area contributed by atoms with Gasteiger partial charge in [-0.25, -0.2) is 4.79 Å². The van der Waals surface area contributed by atoms with E-state index >= 15 is 0 Å². The lowest BCUT2D eigenvalue weighted by Gasteiger charge is -2.11. The smallest absolute Gasteiger partial charge is 0.311 e. The van der Waals surface area contributed by atoms with Crippen molar-refractivity contribution in [2.45, 2.75) is 24.3 Å². The molecule has 0 aliphatic rings. The zero-order valence-electron chi connectivity index (χ0n) is 16.1. The van der Waals surface area contributed by atoms with Crippen molar-refractivity contribution in [1.82, 2.24) is 24.7 Å². The number of benzene rings is 2. The van der Waals surface area contributed by atoms with Gasteiger partial charge in [0, 0.05) is 34.6 Å². The number of hydrogen-bond acceptors (Lipinski definition) is 5. The normalized spacial score (nSPS) is 11.0. The summed E-state index contributed by atoms with van der Waals surface area (Å²) in [6, 6.07) is 17.0. The molecule has 2 aromatic carbocycles. The van der Waals surface area contributed by atoms with Crippen molar-refractivity contribution < 1.29 is 0 Å². The molecule has 0 atom stereocenters. The first-order valence-corrected chi connectivity index (χ1v) is 10.6. The van der Waals surface area contributed by atoms with Crippen LogP contribution < -0.4 is 11.2 Å². The first kappa shape index (κ1) is 20.2. The Morgan fingerprint density at radius 3 is 2.63 bits per heavy atom. The highest BCUT2D eigenvalue weighted by Crippen LogP contribution is 2.28. The third-order valence-corrected chi connectivity index (χ3v) is 5.79. The van der Waals surface area contributed by atoms with Crippen LogP contribution in [0.2, 0.25) is 5.02 Å². The van der Waals surface area contributed by atoms with E-state index in [2.05, 4.69) is 20.2 Å². The molecule has 2 N–H and O–H groups in total. The van der Waals surface area contributed by atoms with Crippen LogP contribution in [0.25, 0.3) is 5.69 Å². The molecule has 0 unspecified atom stereocenters. The van der Waals surface area contributed by atoms with Gasteiger partial charge in [0.2, 0.25) is 0 Å². The summed E-state index contributed by atoms with van der Waals surface area (Å²) < 4.78 is 1.94. The molecular weight excluding hydrogens is 422 g/mol. The minimum absolute atomic E-state index is 0.257. The van der Waals surface area contributed by atoms with E-state index in [4.69, 9.17) is 11.6 Å².